The second kappa shape index (κ2) is 7.92. The number of aromatic amines is 1. The van der Waals surface area contributed by atoms with Crippen LogP contribution in [0.2, 0.25) is 0 Å². The number of H-pyrrole nitrogens is 1. The van der Waals surface area contributed by atoms with E-state index in [4.69, 9.17) is 14.5 Å². The highest BCUT2D eigenvalue weighted by molar-refractivity contribution is 6.13. The number of hydrogen-bond acceptors (Lipinski definition) is 8. The van der Waals surface area contributed by atoms with Gasteiger partial charge in [-0.3, -0.25) is 10.0 Å². The Kier molecular flexibility index (Phi) is 4.91. The van der Waals surface area contributed by atoms with Gasteiger partial charge in [0.2, 0.25) is 0 Å². The maximum absolute atomic E-state index is 11.6. The molecule has 2 aromatic carbocycles. The number of anilines is 2. The molecule has 166 valence electrons. The molecular formula is C23H20N6O4. The Labute approximate surface area is 187 Å². The van der Waals surface area contributed by atoms with Crippen molar-refractivity contribution in [3.63, 3.8) is 0 Å². The summed E-state index contributed by atoms with van der Waals surface area (Å²) < 4.78 is 11.1. The molecule has 5 rings (SSSR count). The van der Waals surface area contributed by atoms with Gasteiger partial charge < -0.3 is 19.6 Å². The maximum atomic E-state index is 11.6. The molecule has 0 aliphatic carbocycles. The number of methoxy groups -OCH3 is 1. The van der Waals surface area contributed by atoms with Gasteiger partial charge in [0.05, 0.1) is 23.8 Å². The molecule has 3 heterocycles. The molecule has 0 aliphatic rings. The van der Waals surface area contributed by atoms with E-state index in [-0.39, 0.29) is 0 Å². The molecule has 0 bridgehead atoms. The Morgan fingerprint density at radius 3 is 2.61 bits per heavy atom. The normalized spacial score (nSPS) is 11.2. The Bertz CT molecular complexity index is 1480. The van der Waals surface area contributed by atoms with Gasteiger partial charge in [0.15, 0.2) is 0 Å². The molecule has 0 radical (unpaired) electrons. The highest BCUT2D eigenvalue weighted by Crippen LogP contribution is 2.40. The second-order valence-electron chi connectivity index (χ2n) is 7.51. The van der Waals surface area contributed by atoms with E-state index in [9.17, 15) is 4.79 Å². The zero-order valence-corrected chi connectivity index (χ0v) is 18.1. The third-order valence-corrected chi connectivity index (χ3v) is 5.52. The molecule has 0 fully saturated rings. The number of carbonyl (C=O) groups is 1. The predicted octanol–water partition coefficient (Wildman–Crippen LogP) is 4.25. The number of ether oxygens (including phenoxy) is 1. The molecule has 0 aliphatic heterocycles. The third-order valence-electron chi connectivity index (χ3n) is 5.52. The predicted molar refractivity (Wildman–Crippen MR) is 122 cm³/mol. The Balaban J connectivity index is 1.63. The van der Waals surface area contributed by atoms with Crippen molar-refractivity contribution in [3.05, 3.63) is 59.7 Å². The lowest BCUT2D eigenvalue weighted by molar-refractivity contribution is 0.0706. The first kappa shape index (κ1) is 20.5. The number of aryl methyl sites for hydroxylation is 2. The standard InChI is InChI=1S/C23H20N6O4/c1-11-19(12(2)33-29-11)16-8-17-15(9-18(16)32-3)20-21(24-10-25-22(20)27-17)26-14-6-4-13(5-7-14)23(30)28-31/h4-10,31H,1-3H3,(H,28,30)(H2,24,25,26,27). The van der Waals surface area contributed by atoms with Crippen LogP contribution in [0.3, 0.4) is 0 Å². The van der Waals surface area contributed by atoms with Crippen molar-refractivity contribution in [2.24, 2.45) is 0 Å². The molecule has 0 saturated carbocycles. The van der Waals surface area contributed by atoms with E-state index in [0.29, 0.717) is 28.5 Å². The average Bonchev–Trinajstić information content (AvgIpc) is 3.37. The summed E-state index contributed by atoms with van der Waals surface area (Å²) in [6.45, 7) is 3.76. The summed E-state index contributed by atoms with van der Waals surface area (Å²) in [6.07, 6.45) is 1.47. The van der Waals surface area contributed by atoms with Crippen LogP contribution in [0.15, 0.2) is 47.2 Å². The molecular weight excluding hydrogens is 424 g/mol. The summed E-state index contributed by atoms with van der Waals surface area (Å²) in [7, 11) is 1.62. The molecule has 0 saturated heterocycles. The lowest BCUT2D eigenvalue weighted by Crippen LogP contribution is -2.18. The summed E-state index contributed by atoms with van der Waals surface area (Å²) >= 11 is 0. The minimum absolute atomic E-state index is 0.333. The van der Waals surface area contributed by atoms with Crippen LogP contribution < -0.4 is 15.5 Å². The number of fused-ring (bicyclic) bond motifs is 3. The van der Waals surface area contributed by atoms with E-state index in [2.05, 4.69) is 25.4 Å². The van der Waals surface area contributed by atoms with Crippen LogP contribution in [0.4, 0.5) is 11.5 Å². The topological polar surface area (TPSA) is 138 Å². The van der Waals surface area contributed by atoms with E-state index >= 15 is 0 Å². The molecule has 10 heteroatoms. The minimum Gasteiger partial charge on any atom is -0.496 e. The van der Waals surface area contributed by atoms with Crippen molar-refractivity contribution >= 4 is 39.3 Å². The number of carbonyl (C=O) groups excluding carboxylic acids is 1. The first-order chi connectivity index (χ1) is 16.0. The SMILES string of the molecule is COc1cc2c(cc1-c1c(C)noc1C)[nH]c1ncnc(Nc3ccc(C(=O)NO)cc3)c12. The van der Waals surface area contributed by atoms with E-state index in [1.54, 1.807) is 36.9 Å². The zero-order chi connectivity index (χ0) is 23.1. The monoisotopic (exact) mass is 444 g/mol. The lowest BCUT2D eigenvalue weighted by Gasteiger charge is -2.10. The summed E-state index contributed by atoms with van der Waals surface area (Å²) in [6, 6.07) is 10.6. The quantitative estimate of drug-likeness (QED) is 0.233. The van der Waals surface area contributed by atoms with E-state index < -0.39 is 5.91 Å². The molecule has 0 unspecified atom stereocenters. The highest BCUT2D eigenvalue weighted by atomic mass is 16.5. The largest absolute Gasteiger partial charge is 0.496 e. The number of hydrogen-bond donors (Lipinski definition) is 4. The molecule has 1 amide bonds. The van der Waals surface area contributed by atoms with E-state index in [1.165, 1.54) is 6.33 Å². The number of amides is 1. The number of nitrogens with zero attached hydrogens (tertiary/aromatic N) is 3. The number of rotatable bonds is 5. The number of aromatic nitrogens is 4. The zero-order valence-electron chi connectivity index (χ0n) is 18.1. The Hall–Kier alpha value is -4.44. The van der Waals surface area contributed by atoms with E-state index in [1.807, 2.05) is 26.0 Å². The molecule has 3 aromatic heterocycles. The summed E-state index contributed by atoms with van der Waals surface area (Å²) in [4.78, 5) is 23.7. The van der Waals surface area contributed by atoms with Gasteiger partial charge in [0.1, 0.15) is 29.3 Å². The van der Waals surface area contributed by atoms with Crippen molar-refractivity contribution in [1.82, 2.24) is 25.6 Å². The third kappa shape index (κ3) is 3.42. The summed E-state index contributed by atoms with van der Waals surface area (Å²) in [5.74, 6) is 1.40. The van der Waals surface area contributed by atoms with Crippen molar-refractivity contribution in [1.29, 1.82) is 0 Å². The van der Waals surface area contributed by atoms with E-state index in [0.717, 1.165) is 38.8 Å². The summed E-state index contributed by atoms with van der Waals surface area (Å²) in [5.41, 5.74) is 6.74. The van der Waals surface area contributed by atoms with Crippen LogP contribution in [-0.4, -0.2) is 38.3 Å². The van der Waals surface area contributed by atoms with Crippen LogP contribution in [0, 0.1) is 13.8 Å². The van der Waals surface area contributed by atoms with Crippen LogP contribution in [-0.2, 0) is 0 Å². The molecule has 4 N–H and O–H groups in total. The molecule has 33 heavy (non-hydrogen) atoms. The smallest absolute Gasteiger partial charge is 0.274 e. The Morgan fingerprint density at radius 1 is 1.15 bits per heavy atom. The second-order valence-corrected chi connectivity index (χ2v) is 7.51. The molecule has 0 atom stereocenters. The van der Waals surface area contributed by atoms with Gasteiger partial charge in [-0.2, -0.15) is 0 Å². The number of benzene rings is 2. The molecule has 5 aromatic rings. The number of hydroxylamine groups is 1. The summed E-state index contributed by atoms with van der Waals surface area (Å²) in [5, 5.41) is 17.8. The van der Waals surface area contributed by atoms with Crippen LogP contribution in [0.1, 0.15) is 21.8 Å². The molecule has 10 nitrogen and oxygen atoms in total. The van der Waals surface area contributed by atoms with Crippen molar-refractivity contribution in [2.75, 3.05) is 12.4 Å². The van der Waals surface area contributed by atoms with Gasteiger partial charge in [0, 0.05) is 27.7 Å². The molecule has 0 spiro atoms. The minimum atomic E-state index is -0.580. The fourth-order valence-corrected chi connectivity index (χ4v) is 3.99. The van der Waals surface area contributed by atoms with Crippen LogP contribution in [0.25, 0.3) is 33.1 Å². The first-order valence-electron chi connectivity index (χ1n) is 10.1. The van der Waals surface area contributed by atoms with Gasteiger partial charge in [-0.15, -0.1) is 0 Å². The fourth-order valence-electron chi connectivity index (χ4n) is 3.99. The van der Waals surface area contributed by atoms with Gasteiger partial charge >= 0.3 is 0 Å². The average molecular weight is 444 g/mol. The van der Waals surface area contributed by atoms with Crippen LogP contribution >= 0.6 is 0 Å². The lowest BCUT2D eigenvalue weighted by atomic mass is 10.0. The fraction of sp³-hybridized carbons (Fsp3) is 0.130. The Morgan fingerprint density at radius 2 is 1.94 bits per heavy atom. The van der Waals surface area contributed by atoms with Gasteiger partial charge in [-0.1, -0.05) is 5.16 Å². The van der Waals surface area contributed by atoms with Crippen molar-refractivity contribution in [3.8, 4) is 16.9 Å². The van der Waals surface area contributed by atoms with Gasteiger partial charge in [-0.25, -0.2) is 15.4 Å². The highest BCUT2D eigenvalue weighted by Gasteiger charge is 2.20. The van der Waals surface area contributed by atoms with Crippen LogP contribution in [0.5, 0.6) is 5.75 Å². The number of nitrogens with one attached hydrogen (secondary N) is 3. The van der Waals surface area contributed by atoms with Gasteiger partial charge in [-0.05, 0) is 50.2 Å². The van der Waals surface area contributed by atoms with Crippen molar-refractivity contribution < 1.29 is 19.3 Å². The first-order valence-corrected chi connectivity index (χ1v) is 10.1. The van der Waals surface area contributed by atoms with Gasteiger partial charge in [0.25, 0.3) is 5.91 Å². The maximum Gasteiger partial charge on any atom is 0.274 e. The van der Waals surface area contributed by atoms with Crippen molar-refractivity contribution in [2.45, 2.75) is 13.8 Å².